The molecule has 0 spiro atoms. The molecule has 25 heavy (non-hydrogen) atoms. The third-order valence-corrected chi connectivity index (χ3v) is 5.63. The molecule has 1 N–H and O–H groups in total. The second-order valence-electron chi connectivity index (χ2n) is 6.14. The van der Waals surface area contributed by atoms with Crippen LogP contribution < -0.4 is 10.3 Å². The molecule has 1 aliphatic rings. The summed E-state index contributed by atoms with van der Waals surface area (Å²) in [7, 11) is 1.55. The number of nitrogens with zero attached hydrogens (tertiary/aromatic N) is 2. The highest BCUT2D eigenvalue weighted by Crippen LogP contribution is 2.33. The first-order valence-corrected chi connectivity index (χ1v) is 8.90. The number of benzene rings is 1. The molecule has 0 radical (unpaired) electrons. The first-order valence-electron chi connectivity index (χ1n) is 8.09. The van der Waals surface area contributed by atoms with Gasteiger partial charge in [-0.3, -0.25) is 9.69 Å². The van der Waals surface area contributed by atoms with Crippen molar-refractivity contribution in [2.45, 2.75) is 31.9 Å². The average Bonchev–Trinajstić information content (AvgIpc) is 3.21. The molecule has 1 aliphatic heterocycles. The molecular weight excluding hydrogens is 348 g/mol. The van der Waals surface area contributed by atoms with E-state index < -0.39 is 12.5 Å². The first kappa shape index (κ1) is 16.4. The lowest BCUT2D eigenvalue weighted by Gasteiger charge is -2.22. The van der Waals surface area contributed by atoms with E-state index in [9.17, 15) is 13.6 Å². The minimum Gasteiger partial charge on any atom is -0.496 e. The summed E-state index contributed by atoms with van der Waals surface area (Å²) in [5, 5.41) is 1.89. The number of likely N-dealkylation sites (tertiary alicyclic amines) is 1. The van der Waals surface area contributed by atoms with Crippen LogP contribution in [0.25, 0.3) is 21.1 Å². The lowest BCUT2D eigenvalue weighted by Crippen LogP contribution is -2.34. The van der Waals surface area contributed by atoms with Crippen molar-refractivity contribution in [2.24, 2.45) is 0 Å². The van der Waals surface area contributed by atoms with Crippen LogP contribution in [0.5, 0.6) is 5.75 Å². The normalized spacial score (nSPS) is 18.6. The fourth-order valence-corrected chi connectivity index (χ4v) is 4.49. The maximum atomic E-state index is 13.1. The van der Waals surface area contributed by atoms with Gasteiger partial charge < -0.3 is 9.72 Å². The third-order valence-electron chi connectivity index (χ3n) is 4.67. The molecule has 8 heteroatoms. The number of halogens is 2. The number of hydrogen-bond acceptors (Lipinski definition) is 5. The minimum absolute atomic E-state index is 0.205. The van der Waals surface area contributed by atoms with Crippen molar-refractivity contribution in [2.75, 3.05) is 13.7 Å². The van der Waals surface area contributed by atoms with Gasteiger partial charge in [0.25, 0.3) is 12.0 Å². The van der Waals surface area contributed by atoms with Gasteiger partial charge in [-0.15, -0.1) is 0 Å². The van der Waals surface area contributed by atoms with Gasteiger partial charge in [0.05, 0.1) is 30.5 Å². The van der Waals surface area contributed by atoms with Gasteiger partial charge in [0, 0.05) is 0 Å². The SMILES string of the molecule is COc1cccc2c(=O)[nH]c3sc(CN4CCC[C@@H]4C(F)F)nc3c12. The molecular formula is C17H17F2N3O2S. The van der Waals surface area contributed by atoms with Crippen LogP contribution in [0.15, 0.2) is 23.0 Å². The van der Waals surface area contributed by atoms with Gasteiger partial charge in [-0.05, 0) is 31.5 Å². The van der Waals surface area contributed by atoms with E-state index in [0.29, 0.717) is 46.4 Å². The van der Waals surface area contributed by atoms with E-state index in [2.05, 4.69) is 9.97 Å². The van der Waals surface area contributed by atoms with Crippen LogP contribution in [-0.4, -0.2) is 41.0 Å². The van der Waals surface area contributed by atoms with Crippen molar-refractivity contribution in [1.82, 2.24) is 14.9 Å². The summed E-state index contributed by atoms with van der Waals surface area (Å²) in [6.45, 7) is 1.01. The number of fused-ring (bicyclic) bond motifs is 3. The Balaban J connectivity index is 1.80. The van der Waals surface area contributed by atoms with Crippen molar-refractivity contribution in [1.29, 1.82) is 0 Å². The van der Waals surface area contributed by atoms with Crippen molar-refractivity contribution in [3.8, 4) is 5.75 Å². The quantitative estimate of drug-likeness (QED) is 0.770. The highest BCUT2D eigenvalue weighted by atomic mass is 32.1. The highest BCUT2D eigenvalue weighted by molar-refractivity contribution is 7.18. The number of alkyl halides is 2. The van der Waals surface area contributed by atoms with Crippen LogP contribution in [0, 0.1) is 0 Å². The number of nitrogens with one attached hydrogen (secondary N) is 1. The molecule has 1 saturated heterocycles. The second kappa shape index (κ2) is 6.34. The van der Waals surface area contributed by atoms with Gasteiger partial charge >= 0.3 is 0 Å². The van der Waals surface area contributed by atoms with E-state index in [1.165, 1.54) is 11.3 Å². The average molecular weight is 365 g/mol. The Bertz CT molecular complexity index is 985. The summed E-state index contributed by atoms with van der Waals surface area (Å²) < 4.78 is 31.7. The maximum absolute atomic E-state index is 13.1. The molecule has 3 aromatic rings. The fourth-order valence-electron chi connectivity index (χ4n) is 3.50. The number of rotatable bonds is 4. The van der Waals surface area contributed by atoms with Gasteiger partial charge in [-0.2, -0.15) is 0 Å². The molecule has 3 heterocycles. The zero-order chi connectivity index (χ0) is 17.6. The fraction of sp³-hybridized carbons (Fsp3) is 0.412. The van der Waals surface area contributed by atoms with Crippen molar-refractivity contribution in [3.63, 3.8) is 0 Å². The summed E-state index contributed by atoms with van der Waals surface area (Å²) in [5.41, 5.74) is 0.447. The number of H-pyrrole nitrogens is 1. The summed E-state index contributed by atoms with van der Waals surface area (Å²) >= 11 is 1.34. The summed E-state index contributed by atoms with van der Waals surface area (Å²) in [4.78, 5) is 22.2. The molecule has 1 atom stereocenters. The Kier molecular flexibility index (Phi) is 4.16. The first-order chi connectivity index (χ1) is 12.1. The number of thiazole rings is 1. The Morgan fingerprint density at radius 3 is 3.08 bits per heavy atom. The number of methoxy groups -OCH3 is 1. The molecule has 0 unspecified atom stereocenters. The Hall–Kier alpha value is -2.06. The van der Waals surface area contributed by atoms with Crippen molar-refractivity contribution in [3.05, 3.63) is 33.6 Å². The number of pyridine rings is 1. The van der Waals surface area contributed by atoms with Crippen LogP contribution in [0.2, 0.25) is 0 Å². The smallest absolute Gasteiger partial charge is 0.257 e. The molecule has 2 aromatic heterocycles. The van der Waals surface area contributed by atoms with Gasteiger partial charge in [0.15, 0.2) is 0 Å². The molecule has 4 rings (SSSR count). The second-order valence-corrected chi connectivity index (χ2v) is 7.22. The van der Waals surface area contributed by atoms with E-state index in [1.54, 1.807) is 30.2 Å². The number of hydrogen-bond donors (Lipinski definition) is 1. The summed E-state index contributed by atoms with van der Waals surface area (Å²) in [6.07, 6.45) is -1.07. The number of aromatic nitrogens is 2. The van der Waals surface area contributed by atoms with Crippen molar-refractivity contribution >= 4 is 32.5 Å². The predicted octanol–water partition coefficient (Wildman–Crippen LogP) is 3.38. The standard InChI is InChI=1S/C17H17F2N3O2S/c1-24-11-6-2-4-9-13(11)14-17(21-16(9)23)25-12(20-14)8-22-7-3-5-10(22)15(18)19/h2,4,6,10,15H,3,5,7-8H2,1H3,(H,21,23)/t10-/m1/s1. The highest BCUT2D eigenvalue weighted by Gasteiger charge is 2.32. The van der Waals surface area contributed by atoms with Gasteiger partial charge in [0.1, 0.15) is 21.1 Å². The van der Waals surface area contributed by atoms with Gasteiger partial charge in [0.2, 0.25) is 0 Å². The van der Waals surface area contributed by atoms with Gasteiger partial charge in [-0.25, -0.2) is 13.8 Å². The van der Waals surface area contributed by atoms with Crippen molar-refractivity contribution < 1.29 is 13.5 Å². The zero-order valence-corrected chi connectivity index (χ0v) is 14.4. The molecule has 0 aliphatic carbocycles. The number of ether oxygens (including phenoxy) is 1. The topological polar surface area (TPSA) is 58.2 Å². The van der Waals surface area contributed by atoms with E-state index >= 15 is 0 Å². The van der Waals surface area contributed by atoms with Crippen LogP contribution in [0.4, 0.5) is 8.78 Å². The Morgan fingerprint density at radius 2 is 2.32 bits per heavy atom. The number of aromatic amines is 1. The van der Waals surface area contributed by atoms with Crippen LogP contribution >= 0.6 is 11.3 Å². The van der Waals surface area contributed by atoms with Crippen LogP contribution in [0.3, 0.4) is 0 Å². The predicted molar refractivity (Wildman–Crippen MR) is 93.7 cm³/mol. The largest absolute Gasteiger partial charge is 0.496 e. The van der Waals surface area contributed by atoms with E-state index in [1.807, 2.05) is 0 Å². The monoisotopic (exact) mass is 365 g/mol. The summed E-state index contributed by atoms with van der Waals surface area (Å²) in [5.74, 6) is 0.581. The zero-order valence-electron chi connectivity index (χ0n) is 13.6. The molecule has 5 nitrogen and oxygen atoms in total. The molecule has 132 valence electrons. The van der Waals surface area contributed by atoms with E-state index in [-0.39, 0.29) is 5.56 Å². The van der Waals surface area contributed by atoms with E-state index in [0.717, 1.165) is 11.4 Å². The Morgan fingerprint density at radius 1 is 1.48 bits per heavy atom. The minimum atomic E-state index is -2.35. The lowest BCUT2D eigenvalue weighted by molar-refractivity contribution is 0.0440. The van der Waals surface area contributed by atoms with Gasteiger partial charge in [-0.1, -0.05) is 17.4 Å². The van der Waals surface area contributed by atoms with Crippen LogP contribution in [-0.2, 0) is 6.54 Å². The summed E-state index contributed by atoms with van der Waals surface area (Å²) in [6, 6.07) is 4.56. The maximum Gasteiger partial charge on any atom is 0.257 e. The Labute approximate surface area is 146 Å². The third kappa shape index (κ3) is 2.79. The molecule has 0 amide bonds. The lowest BCUT2D eigenvalue weighted by atomic mass is 10.1. The van der Waals surface area contributed by atoms with Crippen LogP contribution in [0.1, 0.15) is 17.8 Å². The van der Waals surface area contributed by atoms with E-state index in [4.69, 9.17) is 4.74 Å². The molecule has 1 fully saturated rings. The molecule has 1 aromatic carbocycles. The molecule has 0 saturated carbocycles. The molecule has 0 bridgehead atoms.